The van der Waals surface area contributed by atoms with E-state index in [-0.39, 0.29) is 0 Å². The van der Waals surface area contributed by atoms with Crippen LogP contribution < -0.4 is 5.32 Å². The van der Waals surface area contributed by atoms with Gasteiger partial charge in [0.2, 0.25) is 0 Å². The van der Waals surface area contributed by atoms with Crippen molar-refractivity contribution in [3.8, 4) is 0 Å². The maximum absolute atomic E-state index is 4.56. The lowest BCUT2D eigenvalue weighted by Crippen LogP contribution is -2.22. The summed E-state index contributed by atoms with van der Waals surface area (Å²) in [7, 11) is 0. The molecule has 1 aromatic heterocycles. The molecule has 0 amide bonds. The first-order valence-electron chi connectivity index (χ1n) is 5.44. The molecule has 0 aliphatic rings. The number of aromatic amines is 1. The van der Waals surface area contributed by atoms with Crippen molar-refractivity contribution in [2.75, 3.05) is 0 Å². The average Bonchev–Trinajstić information content (AvgIpc) is 2.57. The minimum Gasteiger partial charge on any atom is -0.341 e. The zero-order valence-corrected chi connectivity index (χ0v) is 11.4. The van der Waals surface area contributed by atoms with Crippen LogP contribution in [0.5, 0.6) is 0 Å². The number of H-pyrrole nitrogens is 1. The summed E-state index contributed by atoms with van der Waals surface area (Å²) in [4.78, 5) is 7.89. The minimum atomic E-state index is 0.471. The van der Waals surface area contributed by atoms with Gasteiger partial charge in [0.15, 0.2) is 0 Å². The summed E-state index contributed by atoms with van der Waals surface area (Å²) in [5.74, 6) is 0.981. The Morgan fingerprint density at radius 3 is 2.88 bits per heavy atom. The summed E-state index contributed by atoms with van der Waals surface area (Å²) in [5.41, 5.74) is 3.32. The third-order valence-electron chi connectivity index (χ3n) is 2.41. The highest BCUT2D eigenvalue weighted by Crippen LogP contribution is 2.23. The first-order chi connectivity index (χ1) is 7.56. The number of imidazole rings is 1. The van der Waals surface area contributed by atoms with Crippen molar-refractivity contribution in [3.05, 3.63) is 28.0 Å². The van der Waals surface area contributed by atoms with E-state index < -0.39 is 0 Å². The van der Waals surface area contributed by atoms with E-state index in [0.29, 0.717) is 6.04 Å². The molecule has 0 bridgehead atoms. The van der Waals surface area contributed by atoms with Gasteiger partial charge < -0.3 is 10.3 Å². The molecular formula is C12H16BrN3. The standard InChI is InChI=1S/C12H16BrN3/c1-7(2)14-6-11-15-10-5-8(3)4-9(13)12(10)16-11/h4-5,7,14H,6H2,1-3H3,(H,15,16). The largest absolute Gasteiger partial charge is 0.341 e. The summed E-state index contributed by atoms with van der Waals surface area (Å²) < 4.78 is 1.05. The third kappa shape index (κ3) is 2.44. The molecule has 3 nitrogen and oxygen atoms in total. The van der Waals surface area contributed by atoms with Gasteiger partial charge >= 0.3 is 0 Å². The summed E-state index contributed by atoms with van der Waals surface area (Å²) in [6.07, 6.45) is 0. The monoisotopic (exact) mass is 281 g/mol. The molecule has 86 valence electrons. The van der Waals surface area contributed by atoms with Crippen LogP contribution in [0.25, 0.3) is 11.0 Å². The zero-order valence-electron chi connectivity index (χ0n) is 9.76. The molecule has 2 rings (SSSR count). The van der Waals surface area contributed by atoms with Gasteiger partial charge in [-0.25, -0.2) is 4.98 Å². The van der Waals surface area contributed by atoms with E-state index in [1.54, 1.807) is 0 Å². The molecule has 0 fully saturated rings. The number of nitrogens with one attached hydrogen (secondary N) is 2. The lowest BCUT2D eigenvalue weighted by molar-refractivity contribution is 0.576. The lowest BCUT2D eigenvalue weighted by atomic mass is 10.2. The molecule has 0 radical (unpaired) electrons. The number of hydrogen-bond acceptors (Lipinski definition) is 2. The Labute approximate surface area is 104 Å². The molecule has 4 heteroatoms. The van der Waals surface area contributed by atoms with Crippen LogP contribution in [0.15, 0.2) is 16.6 Å². The number of fused-ring (bicyclic) bond motifs is 1. The second kappa shape index (κ2) is 4.55. The average molecular weight is 282 g/mol. The predicted octanol–water partition coefficient (Wildman–Crippen LogP) is 3.13. The SMILES string of the molecule is Cc1cc(Br)c2nc(CNC(C)C)[nH]c2c1. The summed E-state index contributed by atoms with van der Waals surface area (Å²) in [6.45, 7) is 7.11. The van der Waals surface area contributed by atoms with Crippen molar-refractivity contribution in [2.45, 2.75) is 33.4 Å². The molecule has 0 atom stereocenters. The first-order valence-corrected chi connectivity index (χ1v) is 6.23. The van der Waals surface area contributed by atoms with Crippen LogP contribution in [0.3, 0.4) is 0 Å². The van der Waals surface area contributed by atoms with Gasteiger partial charge in [0, 0.05) is 10.5 Å². The molecule has 0 aliphatic carbocycles. The van der Waals surface area contributed by atoms with E-state index in [1.165, 1.54) is 5.56 Å². The van der Waals surface area contributed by atoms with Crippen LogP contribution in [-0.4, -0.2) is 16.0 Å². The molecule has 0 unspecified atom stereocenters. The molecule has 16 heavy (non-hydrogen) atoms. The number of halogens is 1. The molecule has 0 spiro atoms. The Morgan fingerprint density at radius 2 is 2.19 bits per heavy atom. The van der Waals surface area contributed by atoms with Gasteiger partial charge in [0.25, 0.3) is 0 Å². The number of nitrogens with zero attached hydrogens (tertiary/aromatic N) is 1. The van der Waals surface area contributed by atoms with E-state index >= 15 is 0 Å². The van der Waals surface area contributed by atoms with Crippen molar-refractivity contribution in [3.63, 3.8) is 0 Å². The van der Waals surface area contributed by atoms with Crippen molar-refractivity contribution in [2.24, 2.45) is 0 Å². The molecule has 2 N–H and O–H groups in total. The highest BCUT2D eigenvalue weighted by molar-refractivity contribution is 9.10. The quantitative estimate of drug-likeness (QED) is 0.908. The van der Waals surface area contributed by atoms with Crippen LogP contribution in [0.1, 0.15) is 25.2 Å². The van der Waals surface area contributed by atoms with Crippen LogP contribution in [0, 0.1) is 6.92 Å². The van der Waals surface area contributed by atoms with Crippen LogP contribution in [0.2, 0.25) is 0 Å². The van der Waals surface area contributed by atoms with Gasteiger partial charge in [-0.1, -0.05) is 13.8 Å². The van der Waals surface area contributed by atoms with E-state index in [4.69, 9.17) is 0 Å². The molecule has 0 aliphatic heterocycles. The maximum Gasteiger partial charge on any atom is 0.121 e. The Kier molecular flexibility index (Phi) is 3.30. The van der Waals surface area contributed by atoms with Gasteiger partial charge in [-0.15, -0.1) is 0 Å². The Hall–Kier alpha value is -0.870. The highest BCUT2D eigenvalue weighted by Gasteiger charge is 2.06. The van der Waals surface area contributed by atoms with E-state index in [0.717, 1.165) is 27.9 Å². The zero-order chi connectivity index (χ0) is 11.7. The summed E-state index contributed by atoms with van der Waals surface area (Å²) in [5, 5.41) is 3.35. The number of benzene rings is 1. The van der Waals surface area contributed by atoms with Crippen molar-refractivity contribution >= 4 is 27.0 Å². The predicted molar refractivity (Wildman–Crippen MR) is 70.5 cm³/mol. The first kappa shape index (κ1) is 11.6. The fourth-order valence-electron chi connectivity index (χ4n) is 1.65. The fraction of sp³-hybridized carbons (Fsp3) is 0.417. The molecule has 1 aromatic carbocycles. The number of rotatable bonds is 3. The highest BCUT2D eigenvalue weighted by atomic mass is 79.9. The third-order valence-corrected chi connectivity index (χ3v) is 3.02. The molecule has 0 saturated heterocycles. The summed E-state index contributed by atoms with van der Waals surface area (Å²) >= 11 is 3.54. The normalized spacial score (nSPS) is 11.6. The van der Waals surface area contributed by atoms with Gasteiger partial charge in [-0.05, 0) is 40.5 Å². The van der Waals surface area contributed by atoms with Crippen molar-refractivity contribution in [1.82, 2.24) is 15.3 Å². The van der Waals surface area contributed by atoms with Gasteiger partial charge in [-0.2, -0.15) is 0 Å². The molecular weight excluding hydrogens is 266 g/mol. The van der Waals surface area contributed by atoms with Gasteiger partial charge in [0.1, 0.15) is 11.3 Å². The van der Waals surface area contributed by atoms with Gasteiger partial charge in [-0.3, -0.25) is 0 Å². The topological polar surface area (TPSA) is 40.7 Å². The van der Waals surface area contributed by atoms with Gasteiger partial charge in [0.05, 0.1) is 12.1 Å². The smallest absolute Gasteiger partial charge is 0.121 e. The van der Waals surface area contributed by atoms with E-state index in [1.807, 2.05) is 0 Å². The minimum absolute atomic E-state index is 0.471. The van der Waals surface area contributed by atoms with Crippen LogP contribution in [0.4, 0.5) is 0 Å². The number of aromatic nitrogens is 2. The van der Waals surface area contributed by atoms with Crippen LogP contribution in [-0.2, 0) is 6.54 Å². The maximum atomic E-state index is 4.56. The Balaban J connectivity index is 2.33. The number of aryl methyl sites for hydroxylation is 1. The molecule has 2 aromatic rings. The molecule has 0 saturated carbocycles. The lowest BCUT2D eigenvalue weighted by Gasteiger charge is -2.04. The fourth-order valence-corrected chi connectivity index (χ4v) is 2.31. The van der Waals surface area contributed by atoms with Crippen LogP contribution >= 0.6 is 15.9 Å². The van der Waals surface area contributed by atoms with E-state index in [9.17, 15) is 0 Å². The Morgan fingerprint density at radius 1 is 1.44 bits per heavy atom. The van der Waals surface area contributed by atoms with Crippen molar-refractivity contribution < 1.29 is 0 Å². The Bertz CT molecular complexity index is 502. The molecule has 1 heterocycles. The van der Waals surface area contributed by atoms with E-state index in [2.05, 4.69) is 64.1 Å². The number of hydrogen-bond donors (Lipinski definition) is 2. The summed E-state index contributed by atoms with van der Waals surface area (Å²) in [6, 6.07) is 4.67. The second-order valence-electron chi connectivity index (χ2n) is 4.36. The second-order valence-corrected chi connectivity index (χ2v) is 5.22. The van der Waals surface area contributed by atoms with Crippen molar-refractivity contribution in [1.29, 1.82) is 0 Å².